The van der Waals surface area contributed by atoms with Crippen molar-refractivity contribution in [3.05, 3.63) is 18.0 Å². The van der Waals surface area contributed by atoms with Crippen LogP contribution in [0.2, 0.25) is 0 Å². The van der Waals surface area contributed by atoms with Crippen molar-refractivity contribution in [3.63, 3.8) is 0 Å². The average Bonchev–Trinajstić information content (AvgIpc) is 2.73. The van der Waals surface area contributed by atoms with Crippen molar-refractivity contribution in [2.45, 2.75) is 39.8 Å². The van der Waals surface area contributed by atoms with Crippen molar-refractivity contribution in [3.8, 4) is 0 Å². The Morgan fingerprint density at radius 1 is 1.60 bits per heavy atom. The molecule has 0 fully saturated rings. The number of hydrogen-bond acceptors (Lipinski definition) is 3. The molecule has 1 N–H and O–H groups in total. The number of carbonyl (C=O) groups is 1. The molecule has 1 heterocycles. The number of carbonyl (C=O) groups excluding carboxylic acids is 1. The highest BCUT2D eigenvalue weighted by Gasteiger charge is 2.09. The maximum Gasteiger partial charge on any atom is 0.179 e. The van der Waals surface area contributed by atoms with Gasteiger partial charge < -0.3 is 5.32 Å². The van der Waals surface area contributed by atoms with Crippen molar-refractivity contribution >= 4 is 5.78 Å². The summed E-state index contributed by atoms with van der Waals surface area (Å²) < 4.78 is 1.76. The number of aryl methyl sites for hydroxylation is 1. The van der Waals surface area contributed by atoms with Crippen LogP contribution < -0.4 is 5.32 Å². The molecule has 1 unspecified atom stereocenters. The Labute approximate surface area is 90.7 Å². The van der Waals surface area contributed by atoms with Crippen molar-refractivity contribution < 1.29 is 4.79 Å². The Kier molecular flexibility index (Phi) is 4.49. The van der Waals surface area contributed by atoms with Gasteiger partial charge in [0, 0.05) is 18.8 Å². The van der Waals surface area contributed by atoms with E-state index in [9.17, 15) is 4.79 Å². The Morgan fingerprint density at radius 2 is 2.33 bits per heavy atom. The van der Waals surface area contributed by atoms with Crippen molar-refractivity contribution in [2.24, 2.45) is 0 Å². The van der Waals surface area contributed by atoms with Crippen LogP contribution in [-0.2, 0) is 6.54 Å². The van der Waals surface area contributed by atoms with E-state index in [2.05, 4.69) is 24.3 Å². The smallest absolute Gasteiger partial charge is 0.179 e. The van der Waals surface area contributed by atoms with Gasteiger partial charge in [0.25, 0.3) is 0 Å². The Bertz CT molecular complexity index is 319. The van der Waals surface area contributed by atoms with Gasteiger partial charge in [-0.3, -0.25) is 9.48 Å². The monoisotopic (exact) mass is 209 g/mol. The molecule has 0 aliphatic heterocycles. The number of nitrogens with one attached hydrogen (secondary N) is 1. The molecule has 15 heavy (non-hydrogen) atoms. The van der Waals surface area contributed by atoms with Gasteiger partial charge in [-0.1, -0.05) is 6.92 Å². The summed E-state index contributed by atoms with van der Waals surface area (Å²) in [6, 6.07) is 0.384. The first-order valence-corrected chi connectivity index (χ1v) is 5.46. The van der Waals surface area contributed by atoms with E-state index < -0.39 is 0 Å². The van der Waals surface area contributed by atoms with Gasteiger partial charge in [-0.05, 0) is 20.3 Å². The number of aromatic nitrogens is 2. The van der Waals surface area contributed by atoms with E-state index in [1.807, 2.05) is 6.92 Å². The summed E-state index contributed by atoms with van der Waals surface area (Å²) in [7, 11) is 0. The van der Waals surface area contributed by atoms with E-state index in [0.29, 0.717) is 18.2 Å². The van der Waals surface area contributed by atoms with Crippen LogP contribution in [0.5, 0.6) is 0 Å². The molecule has 4 nitrogen and oxygen atoms in total. The summed E-state index contributed by atoms with van der Waals surface area (Å²) in [6.45, 7) is 7.36. The highest BCUT2D eigenvalue weighted by molar-refractivity contribution is 5.97. The van der Waals surface area contributed by atoms with Gasteiger partial charge in [-0.25, -0.2) is 0 Å². The van der Waals surface area contributed by atoms with E-state index in [1.54, 1.807) is 17.1 Å². The zero-order valence-corrected chi connectivity index (χ0v) is 9.66. The predicted molar refractivity (Wildman–Crippen MR) is 60.0 cm³/mol. The van der Waals surface area contributed by atoms with Crippen LogP contribution in [0.25, 0.3) is 0 Å². The molecule has 0 saturated carbocycles. The SMILES string of the molecule is CCC(C)NCC(=O)c1cnn(CC)c1. The standard InChI is InChI=1S/C11H19N3O/c1-4-9(3)12-7-11(15)10-6-13-14(5-2)8-10/h6,8-9,12H,4-5,7H2,1-3H3. The number of ketones is 1. The number of Topliss-reactive ketones (excluding diaryl/α,β-unsaturated/α-hetero) is 1. The molecule has 0 bridgehead atoms. The van der Waals surface area contributed by atoms with Crippen LogP contribution in [0.1, 0.15) is 37.6 Å². The first-order chi connectivity index (χ1) is 7.17. The van der Waals surface area contributed by atoms with E-state index in [4.69, 9.17) is 0 Å². The topological polar surface area (TPSA) is 46.9 Å². The van der Waals surface area contributed by atoms with Crippen LogP contribution in [0.15, 0.2) is 12.4 Å². The molecule has 0 saturated heterocycles. The summed E-state index contributed by atoms with van der Waals surface area (Å²) in [5, 5.41) is 7.24. The lowest BCUT2D eigenvalue weighted by Gasteiger charge is -2.09. The van der Waals surface area contributed by atoms with Gasteiger partial charge in [0.1, 0.15) is 0 Å². The molecule has 84 valence electrons. The van der Waals surface area contributed by atoms with Gasteiger partial charge >= 0.3 is 0 Å². The minimum absolute atomic E-state index is 0.106. The second-order valence-corrected chi connectivity index (χ2v) is 3.70. The normalized spacial score (nSPS) is 12.7. The van der Waals surface area contributed by atoms with E-state index in [1.165, 1.54) is 0 Å². The van der Waals surface area contributed by atoms with Gasteiger partial charge in [-0.15, -0.1) is 0 Å². The Hall–Kier alpha value is -1.16. The van der Waals surface area contributed by atoms with Gasteiger partial charge in [0.2, 0.25) is 0 Å². The zero-order valence-electron chi connectivity index (χ0n) is 9.66. The predicted octanol–water partition coefficient (Wildman–Crippen LogP) is 1.47. The highest BCUT2D eigenvalue weighted by Crippen LogP contribution is 1.99. The fourth-order valence-corrected chi connectivity index (χ4v) is 1.19. The zero-order chi connectivity index (χ0) is 11.3. The number of hydrogen-bond donors (Lipinski definition) is 1. The lowest BCUT2D eigenvalue weighted by Crippen LogP contribution is -2.30. The Morgan fingerprint density at radius 3 is 2.87 bits per heavy atom. The molecule has 0 radical (unpaired) electrons. The van der Waals surface area contributed by atoms with Crippen molar-refractivity contribution in [2.75, 3.05) is 6.54 Å². The summed E-state index contributed by atoms with van der Waals surface area (Å²) >= 11 is 0. The third-order valence-electron chi connectivity index (χ3n) is 2.50. The fourth-order valence-electron chi connectivity index (χ4n) is 1.19. The van der Waals surface area contributed by atoms with Crippen LogP contribution in [0.3, 0.4) is 0 Å². The molecule has 1 atom stereocenters. The van der Waals surface area contributed by atoms with Gasteiger partial charge in [-0.2, -0.15) is 5.10 Å². The van der Waals surface area contributed by atoms with Crippen molar-refractivity contribution in [1.82, 2.24) is 15.1 Å². The van der Waals surface area contributed by atoms with E-state index >= 15 is 0 Å². The average molecular weight is 209 g/mol. The van der Waals surface area contributed by atoms with Crippen LogP contribution >= 0.6 is 0 Å². The molecule has 0 amide bonds. The van der Waals surface area contributed by atoms with Crippen LogP contribution in [0.4, 0.5) is 0 Å². The largest absolute Gasteiger partial charge is 0.307 e. The number of nitrogens with zero attached hydrogens (tertiary/aromatic N) is 2. The molecule has 1 aromatic rings. The molecule has 1 rings (SSSR count). The van der Waals surface area contributed by atoms with E-state index in [0.717, 1.165) is 13.0 Å². The maximum absolute atomic E-state index is 11.7. The Balaban J connectivity index is 2.46. The summed E-state index contributed by atoms with van der Waals surface area (Å²) in [5.41, 5.74) is 0.688. The first-order valence-electron chi connectivity index (χ1n) is 5.46. The molecular formula is C11H19N3O. The van der Waals surface area contributed by atoms with E-state index in [-0.39, 0.29) is 5.78 Å². The second-order valence-electron chi connectivity index (χ2n) is 3.70. The molecule has 0 spiro atoms. The van der Waals surface area contributed by atoms with Crippen LogP contribution in [0, 0.1) is 0 Å². The molecule has 0 aromatic carbocycles. The summed E-state index contributed by atoms with van der Waals surface area (Å²) in [5.74, 6) is 0.106. The number of rotatable bonds is 6. The molecule has 1 aromatic heterocycles. The lowest BCUT2D eigenvalue weighted by molar-refractivity contribution is 0.0987. The van der Waals surface area contributed by atoms with Crippen LogP contribution in [-0.4, -0.2) is 28.2 Å². The maximum atomic E-state index is 11.7. The molecule has 0 aliphatic carbocycles. The minimum atomic E-state index is 0.106. The third kappa shape index (κ3) is 3.47. The van der Waals surface area contributed by atoms with Gasteiger partial charge in [0.15, 0.2) is 5.78 Å². The first kappa shape index (κ1) is 11.9. The highest BCUT2D eigenvalue weighted by atomic mass is 16.1. The molecule has 0 aliphatic rings. The molecular weight excluding hydrogens is 190 g/mol. The summed E-state index contributed by atoms with van der Waals surface area (Å²) in [4.78, 5) is 11.7. The minimum Gasteiger partial charge on any atom is -0.307 e. The van der Waals surface area contributed by atoms with Crippen molar-refractivity contribution in [1.29, 1.82) is 0 Å². The fraction of sp³-hybridized carbons (Fsp3) is 0.636. The summed E-state index contributed by atoms with van der Waals surface area (Å²) in [6.07, 6.45) is 4.45. The second kappa shape index (κ2) is 5.66. The quantitative estimate of drug-likeness (QED) is 0.722. The molecule has 4 heteroatoms. The third-order valence-corrected chi connectivity index (χ3v) is 2.50. The lowest BCUT2D eigenvalue weighted by atomic mass is 10.2. The van der Waals surface area contributed by atoms with Gasteiger partial charge in [0.05, 0.1) is 18.3 Å².